The highest BCUT2D eigenvalue weighted by molar-refractivity contribution is 6.58. The highest BCUT2D eigenvalue weighted by Gasteiger charge is 2.10. The van der Waals surface area contributed by atoms with Crippen LogP contribution in [-0.2, 0) is 6.42 Å². The molecule has 0 N–H and O–H groups in total. The second kappa shape index (κ2) is 5.11. The van der Waals surface area contributed by atoms with Crippen LogP contribution in [0.15, 0.2) is 30.3 Å². The fourth-order valence-electron chi connectivity index (χ4n) is 1.37. The molecular weight excluding hydrogens is 155 g/mol. The maximum atomic E-state index is 2.34. The zero-order valence-corrected chi connectivity index (χ0v) is 8.96. The van der Waals surface area contributed by atoms with Gasteiger partial charge in [0.05, 0.1) is 0 Å². The van der Waals surface area contributed by atoms with Crippen molar-refractivity contribution in [1.29, 1.82) is 0 Å². The molecule has 0 atom stereocenters. The van der Waals surface area contributed by atoms with E-state index in [1.54, 1.807) is 0 Å². The summed E-state index contributed by atoms with van der Waals surface area (Å²) in [6.07, 6.45) is 2.53. The van der Waals surface area contributed by atoms with Crippen molar-refractivity contribution >= 4 is 6.71 Å². The average molecular weight is 174 g/mol. The average Bonchev–Trinajstić information content (AvgIpc) is 2.15. The van der Waals surface area contributed by atoms with Crippen molar-refractivity contribution in [2.45, 2.75) is 39.2 Å². The molecule has 0 heterocycles. The molecule has 0 nitrogen and oxygen atoms in total. The topological polar surface area (TPSA) is 0 Å². The molecular formula is C12H19B. The Balaban J connectivity index is 2.35. The second-order valence-electron chi connectivity index (χ2n) is 4.25. The van der Waals surface area contributed by atoms with Crippen molar-refractivity contribution in [3.63, 3.8) is 0 Å². The molecule has 0 aromatic heterocycles. The maximum absolute atomic E-state index is 2.34. The van der Waals surface area contributed by atoms with Gasteiger partial charge in [-0.05, 0) is 12.0 Å². The van der Waals surface area contributed by atoms with Crippen molar-refractivity contribution in [2.75, 3.05) is 0 Å². The number of hydrogen-bond acceptors (Lipinski definition) is 0. The zero-order chi connectivity index (χ0) is 9.68. The molecule has 0 unspecified atom stereocenters. The first-order valence-corrected chi connectivity index (χ1v) is 5.24. The van der Waals surface area contributed by atoms with Gasteiger partial charge in [-0.15, -0.1) is 0 Å². The Bertz CT molecular complexity index is 228. The molecule has 0 radical (unpaired) electrons. The number of benzene rings is 1. The van der Waals surface area contributed by atoms with Gasteiger partial charge in [-0.25, -0.2) is 0 Å². The van der Waals surface area contributed by atoms with Crippen LogP contribution in [-0.4, -0.2) is 6.71 Å². The Morgan fingerprint density at radius 2 is 1.77 bits per heavy atom. The van der Waals surface area contributed by atoms with Crippen molar-refractivity contribution in [1.82, 2.24) is 0 Å². The Morgan fingerprint density at radius 1 is 1.15 bits per heavy atom. The third-order valence-electron chi connectivity index (χ3n) is 2.87. The summed E-state index contributed by atoms with van der Waals surface area (Å²) in [6.45, 7) is 7.78. The molecule has 0 saturated heterocycles. The van der Waals surface area contributed by atoms with Crippen LogP contribution in [0.1, 0.15) is 19.4 Å². The van der Waals surface area contributed by atoms with Crippen LogP contribution >= 0.6 is 0 Å². The molecule has 1 aromatic rings. The summed E-state index contributed by atoms with van der Waals surface area (Å²) in [5, 5.41) is 0. The van der Waals surface area contributed by atoms with E-state index in [-0.39, 0.29) is 0 Å². The highest BCUT2D eigenvalue weighted by Crippen LogP contribution is 2.14. The van der Waals surface area contributed by atoms with E-state index in [4.69, 9.17) is 0 Å². The molecule has 0 aliphatic heterocycles. The summed E-state index contributed by atoms with van der Waals surface area (Å²) < 4.78 is 0. The van der Waals surface area contributed by atoms with Crippen LogP contribution in [0.5, 0.6) is 0 Å². The van der Waals surface area contributed by atoms with Gasteiger partial charge in [0.15, 0.2) is 0 Å². The fraction of sp³-hybridized carbons (Fsp3) is 0.500. The number of hydrogen-bond donors (Lipinski definition) is 0. The van der Waals surface area contributed by atoms with Gasteiger partial charge < -0.3 is 0 Å². The first-order valence-electron chi connectivity index (χ1n) is 5.24. The fourth-order valence-corrected chi connectivity index (χ4v) is 1.37. The third-order valence-corrected chi connectivity index (χ3v) is 2.87. The van der Waals surface area contributed by atoms with Gasteiger partial charge in [0.2, 0.25) is 0 Å². The van der Waals surface area contributed by atoms with E-state index in [1.807, 2.05) is 0 Å². The van der Waals surface area contributed by atoms with Crippen molar-refractivity contribution < 1.29 is 0 Å². The smallest absolute Gasteiger partial charge is 0.0859 e. The van der Waals surface area contributed by atoms with E-state index in [1.165, 1.54) is 18.3 Å². The summed E-state index contributed by atoms with van der Waals surface area (Å²) in [4.78, 5) is 0. The Morgan fingerprint density at radius 3 is 2.31 bits per heavy atom. The maximum Gasteiger partial charge on any atom is 0.139 e. The van der Waals surface area contributed by atoms with Crippen LogP contribution in [0, 0.1) is 0 Å². The Labute approximate surface area is 82.4 Å². The highest BCUT2D eigenvalue weighted by atomic mass is 13.9. The SMILES string of the molecule is CB(CCc1ccccc1)C(C)C. The molecule has 0 bridgehead atoms. The van der Waals surface area contributed by atoms with Gasteiger partial charge in [0, 0.05) is 0 Å². The quantitative estimate of drug-likeness (QED) is 0.609. The van der Waals surface area contributed by atoms with Gasteiger partial charge in [-0.2, -0.15) is 0 Å². The normalized spacial score (nSPS) is 10.5. The van der Waals surface area contributed by atoms with Crippen LogP contribution in [0.25, 0.3) is 0 Å². The standard InChI is InChI=1S/C12H19B/c1-11(2)13(3)10-9-12-7-5-4-6-8-12/h4-8,11H,9-10H2,1-3H3. The number of rotatable bonds is 4. The lowest BCUT2D eigenvalue weighted by Crippen LogP contribution is -2.12. The monoisotopic (exact) mass is 174 g/mol. The van der Waals surface area contributed by atoms with Crippen molar-refractivity contribution in [3.05, 3.63) is 35.9 Å². The van der Waals surface area contributed by atoms with E-state index in [2.05, 4.69) is 51.0 Å². The molecule has 1 rings (SSSR count). The molecule has 1 heteroatoms. The predicted molar refractivity (Wildman–Crippen MR) is 61.7 cm³/mol. The molecule has 70 valence electrons. The Kier molecular flexibility index (Phi) is 4.07. The summed E-state index contributed by atoms with van der Waals surface area (Å²) >= 11 is 0. The van der Waals surface area contributed by atoms with Gasteiger partial charge in [-0.1, -0.05) is 63.1 Å². The minimum atomic E-state index is 0.809. The van der Waals surface area contributed by atoms with Gasteiger partial charge in [0.1, 0.15) is 6.71 Å². The summed E-state index contributed by atoms with van der Waals surface area (Å²) in [5.74, 6) is 0.809. The van der Waals surface area contributed by atoms with Crippen LogP contribution in [0.2, 0.25) is 19.0 Å². The van der Waals surface area contributed by atoms with Gasteiger partial charge >= 0.3 is 0 Å². The first-order chi connectivity index (χ1) is 6.20. The lowest BCUT2D eigenvalue weighted by molar-refractivity contribution is 0.993. The minimum Gasteiger partial charge on any atom is -0.0859 e. The van der Waals surface area contributed by atoms with Crippen LogP contribution in [0.4, 0.5) is 0 Å². The zero-order valence-electron chi connectivity index (χ0n) is 8.96. The minimum absolute atomic E-state index is 0.809. The van der Waals surface area contributed by atoms with E-state index in [9.17, 15) is 0 Å². The number of aryl methyl sites for hydroxylation is 1. The van der Waals surface area contributed by atoms with E-state index >= 15 is 0 Å². The molecule has 1 aromatic carbocycles. The van der Waals surface area contributed by atoms with E-state index < -0.39 is 0 Å². The van der Waals surface area contributed by atoms with Gasteiger partial charge in [0.25, 0.3) is 0 Å². The summed E-state index contributed by atoms with van der Waals surface area (Å²) in [5.41, 5.74) is 1.47. The van der Waals surface area contributed by atoms with E-state index in [0.717, 1.165) is 12.5 Å². The summed E-state index contributed by atoms with van der Waals surface area (Å²) in [6, 6.07) is 10.8. The lowest BCUT2D eigenvalue weighted by Gasteiger charge is -2.11. The van der Waals surface area contributed by atoms with Crippen LogP contribution in [0.3, 0.4) is 0 Å². The van der Waals surface area contributed by atoms with Gasteiger partial charge in [-0.3, -0.25) is 0 Å². The lowest BCUT2D eigenvalue weighted by atomic mass is 9.41. The molecule has 0 amide bonds. The first kappa shape index (κ1) is 10.4. The predicted octanol–water partition coefficient (Wildman–Crippen LogP) is 3.76. The molecule has 0 saturated carbocycles. The van der Waals surface area contributed by atoms with Crippen molar-refractivity contribution in [2.24, 2.45) is 0 Å². The Hall–Kier alpha value is -0.715. The summed E-state index contributed by atoms with van der Waals surface area (Å²) in [7, 11) is 0. The van der Waals surface area contributed by atoms with Crippen molar-refractivity contribution in [3.8, 4) is 0 Å². The largest absolute Gasteiger partial charge is 0.139 e. The van der Waals surface area contributed by atoms with E-state index in [0.29, 0.717) is 0 Å². The molecule has 0 aliphatic rings. The second-order valence-corrected chi connectivity index (χ2v) is 4.25. The molecule has 0 spiro atoms. The van der Waals surface area contributed by atoms with Crippen LogP contribution < -0.4 is 0 Å². The molecule has 0 fully saturated rings. The third kappa shape index (κ3) is 3.67. The molecule has 13 heavy (non-hydrogen) atoms. The molecule has 0 aliphatic carbocycles.